The molecule has 0 radical (unpaired) electrons. The van der Waals surface area contributed by atoms with Crippen LogP contribution in [0.5, 0.6) is 5.75 Å². The normalized spacial score (nSPS) is 20.1. The second kappa shape index (κ2) is 5.50. The van der Waals surface area contributed by atoms with Crippen molar-refractivity contribution in [2.75, 3.05) is 0 Å². The molecule has 0 saturated heterocycles. The van der Waals surface area contributed by atoms with E-state index in [0.717, 1.165) is 11.1 Å². The molecule has 3 rings (SSSR count). The van der Waals surface area contributed by atoms with Crippen molar-refractivity contribution >= 4 is 21.8 Å². The molecular formula is C16H14BrNO3. The molecule has 0 unspecified atom stereocenters. The van der Waals surface area contributed by atoms with Gasteiger partial charge >= 0.3 is 0 Å². The third-order valence-electron chi connectivity index (χ3n) is 3.69. The summed E-state index contributed by atoms with van der Waals surface area (Å²) < 4.78 is 0.706. The molecule has 2 aromatic rings. The molecule has 1 aliphatic rings. The summed E-state index contributed by atoms with van der Waals surface area (Å²) in [5, 5.41) is 22.7. The van der Waals surface area contributed by atoms with Gasteiger partial charge in [0.2, 0.25) is 0 Å². The Morgan fingerprint density at radius 2 is 2.00 bits per heavy atom. The van der Waals surface area contributed by atoms with Crippen LogP contribution >= 0.6 is 15.9 Å². The monoisotopic (exact) mass is 347 g/mol. The molecule has 5 heteroatoms. The number of nitrogens with one attached hydrogen (secondary N) is 1. The van der Waals surface area contributed by atoms with E-state index < -0.39 is 18.1 Å². The van der Waals surface area contributed by atoms with E-state index in [4.69, 9.17) is 0 Å². The van der Waals surface area contributed by atoms with Gasteiger partial charge in [0.1, 0.15) is 5.75 Å². The van der Waals surface area contributed by atoms with E-state index in [2.05, 4.69) is 21.2 Å². The number of fused-ring (bicyclic) bond motifs is 1. The number of hydrogen-bond donors (Lipinski definition) is 3. The van der Waals surface area contributed by atoms with E-state index in [9.17, 15) is 15.0 Å². The summed E-state index contributed by atoms with van der Waals surface area (Å²) in [7, 11) is 0. The van der Waals surface area contributed by atoms with Gasteiger partial charge in [0.15, 0.2) is 0 Å². The zero-order valence-corrected chi connectivity index (χ0v) is 12.7. The molecule has 4 nitrogen and oxygen atoms in total. The zero-order chi connectivity index (χ0) is 15.0. The van der Waals surface area contributed by atoms with Gasteiger partial charge in [-0.15, -0.1) is 0 Å². The summed E-state index contributed by atoms with van der Waals surface area (Å²) in [6.07, 6.45) is -0.133. The number of aromatic hydroxyl groups is 1. The van der Waals surface area contributed by atoms with Crippen LogP contribution in [-0.4, -0.2) is 22.2 Å². The molecule has 2 aromatic carbocycles. The number of phenols is 1. The number of amides is 1. The average molecular weight is 348 g/mol. The van der Waals surface area contributed by atoms with Gasteiger partial charge in [-0.25, -0.2) is 0 Å². The highest BCUT2D eigenvalue weighted by atomic mass is 79.9. The van der Waals surface area contributed by atoms with Crippen molar-refractivity contribution < 1.29 is 15.0 Å². The molecule has 108 valence electrons. The molecule has 1 aliphatic carbocycles. The molecule has 0 aromatic heterocycles. The van der Waals surface area contributed by atoms with E-state index in [0.29, 0.717) is 10.9 Å². The minimum atomic E-state index is -0.652. The Balaban J connectivity index is 1.87. The van der Waals surface area contributed by atoms with E-state index in [-0.39, 0.29) is 11.3 Å². The fourth-order valence-electron chi connectivity index (χ4n) is 2.66. The van der Waals surface area contributed by atoms with Gasteiger partial charge in [-0.1, -0.05) is 40.2 Å². The molecule has 3 N–H and O–H groups in total. The highest BCUT2D eigenvalue weighted by molar-refractivity contribution is 9.10. The van der Waals surface area contributed by atoms with Crippen molar-refractivity contribution in [1.29, 1.82) is 0 Å². The first kappa shape index (κ1) is 14.1. The molecule has 0 saturated carbocycles. The average Bonchev–Trinajstić information content (AvgIpc) is 2.78. The topological polar surface area (TPSA) is 69.6 Å². The van der Waals surface area contributed by atoms with Crippen LogP contribution in [-0.2, 0) is 6.42 Å². The number of phenolic OH excluding ortho intramolecular Hbond substituents is 1. The molecule has 0 fully saturated rings. The Morgan fingerprint density at radius 3 is 2.81 bits per heavy atom. The van der Waals surface area contributed by atoms with Gasteiger partial charge in [0.05, 0.1) is 17.7 Å². The van der Waals surface area contributed by atoms with Crippen molar-refractivity contribution in [3.8, 4) is 5.75 Å². The van der Waals surface area contributed by atoms with Crippen LogP contribution in [0.3, 0.4) is 0 Å². The lowest BCUT2D eigenvalue weighted by atomic mass is 10.1. The largest absolute Gasteiger partial charge is 0.507 e. The highest BCUT2D eigenvalue weighted by Crippen LogP contribution is 2.32. The zero-order valence-electron chi connectivity index (χ0n) is 11.1. The molecule has 1 amide bonds. The molecule has 0 heterocycles. The second-order valence-electron chi connectivity index (χ2n) is 5.08. The van der Waals surface area contributed by atoms with E-state index in [1.54, 1.807) is 12.1 Å². The van der Waals surface area contributed by atoms with Crippen molar-refractivity contribution in [3.05, 3.63) is 63.6 Å². The van der Waals surface area contributed by atoms with Crippen molar-refractivity contribution in [2.24, 2.45) is 0 Å². The maximum absolute atomic E-state index is 12.3. The molecule has 2 atom stereocenters. The molecule has 0 bridgehead atoms. The van der Waals surface area contributed by atoms with Crippen molar-refractivity contribution in [3.63, 3.8) is 0 Å². The lowest BCUT2D eigenvalue weighted by Gasteiger charge is -2.18. The smallest absolute Gasteiger partial charge is 0.255 e. The summed E-state index contributed by atoms with van der Waals surface area (Å²) in [6.45, 7) is 0. The lowest BCUT2D eigenvalue weighted by molar-refractivity contribution is 0.0855. The number of carbonyl (C=O) groups excluding carboxylic acids is 1. The van der Waals surface area contributed by atoms with Gasteiger partial charge < -0.3 is 15.5 Å². The summed E-state index contributed by atoms with van der Waals surface area (Å²) >= 11 is 3.27. The van der Waals surface area contributed by atoms with Crippen LogP contribution in [0.4, 0.5) is 0 Å². The molecule has 0 aliphatic heterocycles. The van der Waals surface area contributed by atoms with Crippen LogP contribution in [0, 0.1) is 0 Å². The molecule has 21 heavy (non-hydrogen) atoms. The van der Waals surface area contributed by atoms with Gasteiger partial charge in [-0.2, -0.15) is 0 Å². The van der Waals surface area contributed by atoms with Gasteiger partial charge in [-0.05, 0) is 29.3 Å². The Bertz CT molecular complexity index is 702. The second-order valence-corrected chi connectivity index (χ2v) is 6.00. The summed E-state index contributed by atoms with van der Waals surface area (Å²) in [4.78, 5) is 12.3. The number of rotatable bonds is 2. The maximum atomic E-state index is 12.3. The van der Waals surface area contributed by atoms with Gasteiger partial charge in [0, 0.05) is 10.9 Å². The number of hydrogen-bond acceptors (Lipinski definition) is 3. The first-order valence-corrected chi connectivity index (χ1v) is 7.41. The maximum Gasteiger partial charge on any atom is 0.255 e. The quantitative estimate of drug-likeness (QED) is 0.781. The fraction of sp³-hybridized carbons (Fsp3) is 0.188. The fourth-order valence-corrected chi connectivity index (χ4v) is 3.02. The van der Waals surface area contributed by atoms with Crippen molar-refractivity contribution in [1.82, 2.24) is 5.32 Å². The SMILES string of the molecule is O=C(N[C@H]1c2ccccc2C[C@H]1O)c1cc(Br)ccc1O. The number of aliphatic hydroxyl groups excluding tert-OH is 1. The lowest BCUT2D eigenvalue weighted by Crippen LogP contribution is -2.33. The van der Waals surface area contributed by atoms with E-state index in [1.165, 1.54) is 6.07 Å². The van der Waals surface area contributed by atoms with E-state index >= 15 is 0 Å². The Morgan fingerprint density at radius 1 is 1.24 bits per heavy atom. The first-order valence-electron chi connectivity index (χ1n) is 6.61. The first-order chi connectivity index (χ1) is 10.1. The highest BCUT2D eigenvalue weighted by Gasteiger charge is 2.32. The standard InChI is InChI=1S/C16H14BrNO3/c17-10-5-6-13(19)12(8-10)16(21)18-15-11-4-2-1-3-9(11)7-14(15)20/h1-6,8,14-15,19-20H,7H2,(H,18,21)/t14-,15+/m1/s1. The third kappa shape index (κ3) is 2.66. The Labute approximate surface area is 130 Å². The Hall–Kier alpha value is -1.85. The number of carbonyl (C=O) groups is 1. The van der Waals surface area contributed by atoms with E-state index in [1.807, 2.05) is 24.3 Å². The predicted molar refractivity (Wildman–Crippen MR) is 82.2 cm³/mol. The van der Waals surface area contributed by atoms with Gasteiger partial charge in [0.25, 0.3) is 5.91 Å². The summed E-state index contributed by atoms with van der Waals surface area (Å²) in [5.74, 6) is -0.494. The van der Waals surface area contributed by atoms with Crippen LogP contribution in [0.2, 0.25) is 0 Å². The van der Waals surface area contributed by atoms with Crippen LogP contribution in [0.15, 0.2) is 46.9 Å². The number of halogens is 1. The van der Waals surface area contributed by atoms with Crippen molar-refractivity contribution in [2.45, 2.75) is 18.6 Å². The summed E-state index contributed by atoms with van der Waals surface area (Å²) in [6, 6.07) is 11.9. The van der Waals surface area contributed by atoms with Gasteiger partial charge in [-0.3, -0.25) is 4.79 Å². The minimum absolute atomic E-state index is 0.0866. The van der Waals surface area contributed by atoms with Crippen LogP contribution in [0.25, 0.3) is 0 Å². The minimum Gasteiger partial charge on any atom is -0.507 e. The number of benzene rings is 2. The predicted octanol–water partition coefficient (Wildman–Crippen LogP) is 2.54. The molecule has 0 spiro atoms. The Kier molecular flexibility index (Phi) is 3.69. The van der Waals surface area contributed by atoms with Crippen LogP contribution < -0.4 is 5.32 Å². The third-order valence-corrected chi connectivity index (χ3v) is 4.19. The molecular weight excluding hydrogens is 334 g/mol. The number of aliphatic hydroxyl groups is 1. The summed E-state index contributed by atoms with van der Waals surface area (Å²) in [5.41, 5.74) is 2.14. The van der Waals surface area contributed by atoms with Crippen LogP contribution in [0.1, 0.15) is 27.5 Å².